The van der Waals surface area contributed by atoms with Crippen molar-refractivity contribution < 1.29 is 14.3 Å². The minimum absolute atomic E-state index is 0.00628. The Morgan fingerprint density at radius 3 is 2.63 bits per heavy atom. The molecule has 2 amide bonds. The van der Waals surface area contributed by atoms with E-state index in [1.54, 1.807) is 6.20 Å². The number of nitrogens with zero attached hydrogens (tertiary/aromatic N) is 3. The summed E-state index contributed by atoms with van der Waals surface area (Å²) in [6.45, 7) is 4.77. The lowest BCUT2D eigenvalue weighted by Crippen LogP contribution is -2.52. The van der Waals surface area contributed by atoms with Crippen LogP contribution in [0.3, 0.4) is 0 Å². The maximum Gasteiger partial charge on any atom is 0.317 e. The minimum atomic E-state index is -0.00628. The molecule has 0 atom stereocenters. The Labute approximate surface area is 158 Å². The van der Waals surface area contributed by atoms with Crippen LogP contribution in [0, 0.1) is 0 Å². The summed E-state index contributed by atoms with van der Waals surface area (Å²) in [6, 6.07) is 11.8. The fourth-order valence-electron chi connectivity index (χ4n) is 3.35. The van der Waals surface area contributed by atoms with Crippen molar-refractivity contribution in [3.05, 3.63) is 48.2 Å². The maximum absolute atomic E-state index is 12.4. The number of hydrogen-bond donors (Lipinski definition) is 1. The molecule has 0 saturated carbocycles. The molecule has 1 fully saturated rings. The van der Waals surface area contributed by atoms with E-state index in [-0.39, 0.29) is 6.03 Å². The van der Waals surface area contributed by atoms with Crippen molar-refractivity contribution in [3.8, 4) is 11.5 Å². The zero-order chi connectivity index (χ0) is 18.5. The number of piperazine rings is 1. The van der Waals surface area contributed by atoms with Crippen molar-refractivity contribution in [2.24, 2.45) is 0 Å². The van der Waals surface area contributed by atoms with Crippen LogP contribution in [-0.2, 0) is 6.42 Å². The van der Waals surface area contributed by atoms with Crippen LogP contribution in [0.15, 0.2) is 42.6 Å². The first-order valence-electron chi connectivity index (χ1n) is 9.37. The summed E-state index contributed by atoms with van der Waals surface area (Å²) in [5, 5.41) is 3.02. The van der Waals surface area contributed by atoms with Gasteiger partial charge >= 0.3 is 6.03 Å². The molecule has 27 heavy (non-hydrogen) atoms. The van der Waals surface area contributed by atoms with E-state index >= 15 is 0 Å². The zero-order valence-electron chi connectivity index (χ0n) is 15.3. The van der Waals surface area contributed by atoms with E-state index in [9.17, 15) is 4.79 Å². The van der Waals surface area contributed by atoms with E-state index in [0.717, 1.165) is 42.4 Å². The van der Waals surface area contributed by atoms with E-state index < -0.39 is 0 Å². The fourth-order valence-corrected chi connectivity index (χ4v) is 3.35. The van der Waals surface area contributed by atoms with E-state index in [1.165, 1.54) is 0 Å². The molecule has 1 N–H and O–H groups in total. The lowest BCUT2D eigenvalue weighted by molar-refractivity contribution is 0.171. The number of anilines is 1. The van der Waals surface area contributed by atoms with Crippen molar-refractivity contribution in [2.75, 3.05) is 50.8 Å². The molecular formula is C20H24N4O3. The summed E-state index contributed by atoms with van der Waals surface area (Å²) >= 11 is 0. The predicted octanol–water partition coefficient (Wildman–Crippen LogP) is 1.93. The molecule has 4 rings (SSSR count). The topological polar surface area (TPSA) is 66.9 Å². The van der Waals surface area contributed by atoms with Gasteiger partial charge in [0.1, 0.15) is 19.0 Å². The van der Waals surface area contributed by atoms with Crippen LogP contribution in [0.25, 0.3) is 0 Å². The predicted molar refractivity (Wildman–Crippen MR) is 103 cm³/mol. The van der Waals surface area contributed by atoms with Crippen LogP contribution in [0.5, 0.6) is 11.5 Å². The molecular weight excluding hydrogens is 344 g/mol. The summed E-state index contributed by atoms with van der Waals surface area (Å²) in [4.78, 5) is 20.8. The summed E-state index contributed by atoms with van der Waals surface area (Å²) in [7, 11) is 0. The average Bonchev–Trinajstić information content (AvgIpc) is 2.74. The van der Waals surface area contributed by atoms with E-state index in [1.807, 2.05) is 41.3 Å². The first-order chi connectivity index (χ1) is 13.3. The van der Waals surface area contributed by atoms with Crippen LogP contribution in [-0.4, -0.2) is 61.9 Å². The smallest absolute Gasteiger partial charge is 0.317 e. The third kappa shape index (κ3) is 4.24. The number of aromatic nitrogens is 1. The third-order valence-corrected chi connectivity index (χ3v) is 4.84. The monoisotopic (exact) mass is 368 g/mol. The van der Waals surface area contributed by atoms with E-state index in [4.69, 9.17) is 9.47 Å². The Kier molecular flexibility index (Phi) is 5.27. The minimum Gasteiger partial charge on any atom is -0.486 e. The highest BCUT2D eigenvalue weighted by molar-refractivity contribution is 5.74. The number of carbonyl (C=O) groups is 1. The van der Waals surface area contributed by atoms with Crippen molar-refractivity contribution in [1.29, 1.82) is 0 Å². The molecule has 3 heterocycles. The second-order valence-electron chi connectivity index (χ2n) is 6.62. The number of carbonyl (C=O) groups excluding carboxylic acids is 1. The molecule has 0 unspecified atom stereocenters. The van der Waals surface area contributed by atoms with E-state index in [0.29, 0.717) is 32.8 Å². The van der Waals surface area contributed by atoms with Crippen molar-refractivity contribution in [2.45, 2.75) is 6.42 Å². The SMILES string of the molecule is O=C(NCCc1ccc2c(c1)OCCO2)N1CCN(c2ccccn2)CC1. The number of amides is 2. The van der Waals surface area contributed by atoms with Gasteiger partial charge in [0, 0.05) is 38.9 Å². The number of fused-ring (bicyclic) bond motifs is 1. The molecule has 0 aliphatic carbocycles. The van der Waals surface area contributed by atoms with Crippen molar-refractivity contribution >= 4 is 11.8 Å². The molecule has 1 saturated heterocycles. The molecule has 0 spiro atoms. The first kappa shape index (κ1) is 17.5. The van der Waals surface area contributed by atoms with Crippen LogP contribution in [0.2, 0.25) is 0 Å². The molecule has 142 valence electrons. The molecule has 7 nitrogen and oxygen atoms in total. The van der Waals surface area contributed by atoms with Gasteiger partial charge in [0.05, 0.1) is 0 Å². The van der Waals surface area contributed by atoms with Gasteiger partial charge in [-0.3, -0.25) is 0 Å². The van der Waals surface area contributed by atoms with Gasteiger partial charge in [-0.05, 0) is 36.2 Å². The maximum atomic E-state index is 12.4. The Morgan fingerprint density at radius 1 is 1.04 bits per heavy atom. The number of rotatable bonds is 4. The molecule has 0 radical (unpaired) electrons. The second-order valence-corrected chi connectivity index (χ2v) is 6.62. The largest absolute Gasteiger partial charge is 0.486 e. The summed E-state index contributed by atoms with van der Waals surface area (Å²) in [6.07, 6.45) is 2.56. The first-order valence-corrected chi connectivity index (χ1v) is 9.37. The van der Waals surface area contributed by atoms with Crippen LogP contribution >= 0.6 is 0 Å². The Hall–Kier alpha value is -2.96. The van der Waals surface area contributed by atoms with Crippen LogP contribution in [0.4, 0.5) is 10.6 Å². The molecule has 1 aromatic heterocycles. The molecule has 2 aliphatic heterocycles. The molecule has 1 aromatic carbocycles. The lowest BCUT2D eigenvalue weighted by Gasteiger charge is -2.35. The van der Waals surface area contributed by atoms with Gasteiger partial charge in [0.2, 0.25) is 0 Å². The highest BCUT2D eigenvalue weighted by atomic mass is 16.6. The number of nitrogens with one attached hydrogen (secondary N) is 1. The Morgan fingerprint density at radius 2 is 1.85 bits per heavy atom. The quantitative estimate of drug-likeness (QED) is 0.893. The van der Waals surface area contributed by atoms with Crippen molar-refractivity contribution in [1.82, 2.24) is 15.2 Å². The summed E-state index contributed by atoms with van der Waals surface area (Å²) in [5.41, 5.74) is 1.12. The average molecular weight is 368 g/mol. The number of hydrogen-bond acceptors (Lipinski definition) is 5. The molecule has 0 bridgehead atoms. The van der Waals surface area contributed by atoms with Gasteiger partial charge in [-0.2, -0.15) is 0 Å². The normalized spacial score (nSPS) is 16.1. The highest BCUT2D eigenvalue weighted by Crippen LogP contribution is 2.30. The molecule has 2 aliphatic rings. The van der Waals surface area contributed by atoms with Gasteiger partial charge < -0.3 is 24.6 Å². The highest BCUT2D eigenvalue weighted by Gasteiger charge is 2.21. The van der Waals surface area contributed by atoms with Gasteiger partial charge in [0.25, 0.3) is 0 Å². The van der Waals surface area contributed by atoms with Gasteiger partial charge in [0.15, 0.2) is 11.5 Å². The number of urea groups is 1. The van der Waals surface area contributed by atoms with Gasteiger partial charge in [-0.25, -0.2) is 9.78 Å². The second kappa shape index (κ2) is 8.16. The standard InChI is InChI=1S/C20H24N4O3/c25-20(24-11-9-23(10-12-24)19-3-1-2-7-21-19)22-8-6-16-4-5-17-18(15-16)27-14-13-26-17/h1-5,7,15H,6,8-14H2,(H,22,25). The summed E-state index contributed by atoms with van der Waals surface area (Å²) in [5.74, 6) is 2.55. The number of benzene rings is 1. The van der Waals surface area contributed by atoms with Crippen molar-refractivity contribution in [3.63, 3.8) is 0 Å². The van der Waals surface area contributed by atoms with Gasteiger partial charge in [-0.1, -0.05) is 12.1 Å². The third-order valence-electron chi connectivity index (χ3n) is 4.84. The number of ether oxygens (including phenoxy) is 2. The summed E-state index contributed by atoms with van der Waals surface area (Å²) < 4.78 is 11.1. The Bertz CT molecular complexity index is 776. The number of pyridine rings is 1. The van der Waals surface area contributed by atoms with Gasteiger partial charge in [-0.15, -0.1) is 0 Å². The molecule has 2 aromatic rings. The van der Waals surface area contributed by atoms with Crippen LogP contribution in [0.1, 0.15) is 5.56 Å². The van der Waals surface area contributed by atoms with E-state index in [2.05, 4.69) is 15.2 Å². The van der Waals surface area contributed by atoms with Crippen LogP contribution < -0.4 is 19.7 Å². The zero-order valence-corrected chi connectivity index (χ0v) is 15.3. The molecule has 7 heteroatoms. The lowest BCUT2D eigenvalue weighted by atomic mass is 10.1. The fraction of sp³-hybridized carbons (Fsp3) is 0.400. The Balaban J connectivity index is 1.22.